The summed E-state index contributed by atoms with van der Waals surface area (Å²) in [6.45, 7) is 0. The average molecular weight is 241 g/mol. The van der Waals surface area contributed by atoms with Gasteiger partial charge in [-0.25, -0.2) is 0 Å². The number of nitrogens with one attached hydrogen (secondary N) is 1. The molecule has 1 nitrogen and oxygen atoms in total. The van der Waals surface area contributed by atoms with E-state index in [-0.39, 0.29) is 0 Å². The third-order valence-electron chi connectivity index (χ3n) is 5.72. The molecule has 1 heteroatoms. The molecule has 2 saturated carbocycles. The maximum atomic E-state index is 3.62. The zero-order valence-corrected chi connectivity index (χ0v) is 11.2. The number of hydrogen-bond acceptors (Lipinski definition) is 1. The normalized spacial score (nSPS) is 37.6. The van der Waals surface area contributed by atoms with E-state index < -0.39 is 0 Å². The van der Waals surface area contributed by atoms with Crippen molar-refractivity contribution >= 4 is 0 Å². The van der Waals surface area contributed by atoms with E-state index in [9.17, 15) is 0 Å². The molecule has 3 aliphatic rings. The van der Waals surface area contributed by atoms with Crippen LogP contribution >= 0.6 is 0 Å². The summed E-state index contributed by atoms with van der Waals surface area (Å²) in [5, 5.41) is 3.62. The second kappa shape index (κ2) is 4.09. The molecule has 2 fully saturated rings. The van der Waals surface area contributed by atoms with Gasteiger partial charge in [0.15, 0.2) is 0 Å². The minimum Gasteiger partial charge on any atom is -0.317 e. The number of rotatable bonds is 4. The molecular weight excluding hydrogens is 218 g/mol. The molecule has 0 amide bonds. The molecule has 0 spiro atoms. The van der Waals surface area contributed by atoms with Gasteiger partial charge < -0.3 is 5.32 Å². The fraction of sp³-hybridized carbons (Fsp3) is 0.647. The Balaban J connectivity index is 1.42. The van der Waals surface area contributed by atoms with E-state index in [1.165, 1.54) is 25.7 Å². The Labute approximate surface area is 110 Å². The molecule has 0 radical (unpaired) electrons. The van der Waals surface area contributed by atoms with Crippen LogP contribution in [0.4, 0.5) is 0 Å². The molecule has 3 aliphatic carbocycles. The summed E-state index contributed by atoms with van der Waals surface area (Å²) in [5.74, 6) is 4.01. The lowest BCUT2D eigenvalue weighted by Crippen LogP contribution is -2.36. The van der Waals surface area contributed by atoms with E-state index in [1.54, 1.807) is 17.5 Å². The zero-order chi connectivity index (χ0) is 12.1. The Kier molecular flexibility index (Phi) is 2.51. The Hall–Kier alpha value is -0.820. The van der Waals surface area contributed by atoms with Gasteiger partial charge in [-0.2, -0.15) is 0 Å². The van der Waals surface area contributed by atoms with Gasteiger partial charge in [0.05, 0.1) is 0 Å². The van der Waals surface area contributed by atoms with Crippen LogP contribution in [0.5, 0.6) is 0 Å². The van der Waals surface area contributed by atoms with Crippen molar-refractivity contribution in [1.82, 2.24) is 5.32 Å². The van der Waals surface area contributed by atoms with Crippen LogP contribution in [-0.2, 0) is 6.42 Å². The first-order valence-corrected chi connectivity index (χ1v) is 7.60. The third-order valence-corrected chi connectivity index (χ3v) is 5.72. The second-order valence-electron chi connectivity index (χ2n) is 6.72. The molecule has 0 aromatic heterocycles. The molecule has 0 bridgehead atoms. The van der Waals surface area contributed by atoms with Gasteiger partial charge in [-0.15, -0.1) is 0 Å². The maximum absolute atomic E-state index is 3.62. The molecule has 0 aliphatic heterocycles. The summed E-state index contributed by atoms with van der Waals surface area (Å²) in [7, 11) is 2.17. The summed E-state index contributed by atoms with van der Waals surface area (Å²) >= 11 is 0. The molecule has 4 unspecified atom stereocenters. The van der Waals surface area contributed by atoms with Crippen LogP contribution in [0, 0.1) is 17.8 Å². The lowest BCUT2D eigenvalue weighted by Gasteiger charge is -2.35. The Morgan fingerprint density at radius 1 is 1.17 bits per heavy atom. The summed E-state index contributed by atoms with van der Waals surface area (Å²) in [6, 6.07) is 9.77. The van der Waals surface area contributed by atoms with E-state index in [4.69, 9.17) is 0 Å². The van der Waals surface area contributed by atoms with Crippen molar-refractivity contribution in [3.05, 3.63) is 35.4 Å². The van der Waals surface area contributed by atoms with Crippen molar-refractivity contribution < 1.29 is 0 Å². The average Bonchev–Trinajstić information content (AvgIpc) is 2.98. The van der Waals surface area contributed by atoms with Crippen molar-refractivity contribution in [3.8, 4) is 0 Å². The highest BCUT2D eigenvalue weighted by molar-refractivity contribution is 5.40. The molecule has 1 aromatic rings. The molecule has 0 heterocycles. The fourth-order valence-electron chi connectivity index (χ4n) is 4.52. The van der Waals surface area contributed by atoms with Gasteiger partial charge >= 0.3 is 0 Å². The van der Waals surface area contributed by atoms with E-state index in [0.29, 0.717) is 0 Å². The molecule has 96 valence electrons. The van der Waals surface area contributed by atoms with Crippen molar-refractivity contribution in [2.75, 3.05) is 7.05 Å². The minimum absolute atomic E-state index is 0.760. The molecule has 4 atom stereocenters. The predicted molar refractivity (Wildman–Crippen MR) is 74.7 cm³/mol. The first-order valence-electron chi connectivity index (χ1n) is 7.60. The number of fused-ring (bicyclic) bond motifs is 2. The number of hydrogen-bond donors (Lipinski definition) is 1. The van der Waals surface area contributed by atoms with Gasteiger partial charge in [-0.05, 0) is 74.0 Å². The lowest BCUT2D eigenvalue weighted by molar-refractivity contribution is 0.308. The molecule has 18 heavy (non-hydrogen) atoms. The van der Waals surface area contributed by atoms with Crippen LogP contribution in [-0.4, -0.2) is 13.1 Å². The smallest absolute Gasteiger partial charge is 0.00984 e. The van der Waals surface area contributed by atoms with Gasteiger partial charge in [0, 0.05) is 6.04 Å². The first-order chi connectivity index (χ1) is 8.85. The van der Waals surface area contributed by atoms with Crippen LogP contribution in [0.3, 0.4) is 0 Å². The van der Waals surface area contributed by atoms with Gasteiger partial charge in [0.2, 0.25) is 0 Å². The first kappa shape index (κ1) is 11.0. The van der Waals surface area contributed by atoms with Gasteiger partial charge in [0.25, 0.3) is 0 Å². The van der Waals surface area contributed by atoms with Crippen LogP contribution in [0.2, 0.25) is 0 Å². The summed E-state index contributed by atoms with van der Waals surface area (Å²) in [5.41, 5.74) is 3.22. The Bertz CT molecular complexity index is 443. The molecule has 1 aromatic carbocycles. The maximum Gasteiger partial charge on any atom is 0.00984 e. The quantitative estimate of drug-likeness (QED) is 0.852. The van der Waals surface area contributed by atoms with Gasteiger partial charge in [0.1, 0.15) is 0 Å². The molecule has 1 N–H and O–H groups in total. The van der Waals surface area contributed by atoms with Crippen LogP contribution < -0.4 is 5.32 Å². The highest BCUT2D eigenvalue weighted by atomic mass is 14.9. The Morgan fingerprint density at radius 3 is 2.67 bits per heavy atom. The Morgan fingerprint density at radius 2 is 1.94 bits per heavy atom. The van der Waals surface area contributed by atoms with E-state index >= 15 is 0 Å². The third kappa shape index (κ3) is 1.72. The van der Waals surface area contributed by atoms with Gasteiger partial charge in [-0.3, -0.25) is 0 Å². The van der Waals surface area contributed by atoms with E-state index in [0.717, 1.165) is 29.7 Å². The summed E-state index contributed by atoms with van der Waals surface area (Å²) in [4.78, 5) is 0. The standard InChI is InChI=1S/C17H23N/c1-18-17(15-8-12-7-13(12)9-15)10-14-6-11-4-2-3-5-16(11)14/h2-5,12-15,17-18H,6-10H2,1H3. The summed E-state index contributed by atoms with van der Waals surface area (Å²) in [6.07, 6.45) is 7.22. The van der Waals surface area contributed by atoms with Crippen molar-refractivity contribution in [1.29, 1.82) is 0 Å². The minimum atomic E-state index is 0.760. The topological polar surface area (TPSA) is 12.0 Å². The fourth-order valence-corrected chi connectivity index (χ4v) is 4.52. The largest absolute Gasteiger partial charge is 0.317 e. The molecule has 4 rings (SSSR count). The highest BCUT2D eigenvalue weighted by Crippen LogP contribution is 2.56. The van der Waals surface area contributed by atoms with E-state index in [2.05, 4.69) is 36.6 Å². The number of benzene rings is 1. The monoisotopic (exact) mass is 241 g/mol. The van der Waals surface area contributed by atoms with E-state index in [1.807, 2.05) is 0 Å². The summed E-state index contributed by atoms with van der Waals surface area (Å²) < 4.78 is 0. The molecule has 0 saturated heterocycles. The zero-order valence-electron chi connectivity index (χ0n) is 11.2. The van der Waals surface area contributed by atoms with Crippen molar-refractivity contribution in [3.63, 3.8) is 0 Å². The highest BCUT2D eigenvalue weighted by Gasteiger charge is 2.48. The lowest BCUT2D eigenvalue weighted by atomic mass is 9.72. The molecular formula is C17H23N. The van der Waals surface area contributed by atoms with Crippen molar-refractivity contribution in [2.45, 2.75) is 44.1 Å². The van der Waals surface area contributed by atoms with Gasteiger partial charge in [-0.1, -0.05) is 24.3 Å². The SMILES string of the molecule is CNC(CC1Cc2ccccc21)C1CC2CC2C1. The second-order valence-corrected chi connectivity index (χ2v) is 6.72. The van der Waals surface area contributed by atoms with Crippen molar-refractivity contribution in [2.24, 2.45) is 17.8 Å². The van der Waals surface area contributed by atoms with Crippen LogP contribution in [0.25, 0.3) is 0 Å². The van der Waals surface area contributed by atoms with Crippen LogP contribution in [0.1, 0.15) is 42.7 Å². The predicted octanol–water partition coefficient (Wildman–Crippen LogP) is 3.35. The van der Waals surface area contributed by atoms with Crippen LogP contribution in [0.15, 0.2) is 24.3 Å².